The predicted octanol–water partition coefficient (Wildman–Crippen LogP) is 7.13. The summed E-state index contributed by atoms with van der Waals surface area (Å²) >= 11 is 0. The molecule has 2 rings (SSSR count). The van der Waals surface area contributed by atoms with E-state index in [-0.39, 0.29) is 0 Å². The fourth-order valence-corrected chi connectivity index (χ4v) is 2.38. The van der Waals surface area contributed by atoms with E-state index >= 15 is 0 Å². The van der Waals surface area contributed by atoms with Crippen LogP contribution in [0.1, 0.15) is 58.2 Å². The lowest BCUT2D eigenvalue weighted by Crippen LogP contribution is -1.93. The fourth-order valence-electron chi connectivity index (χ4n) is 2.38. The van der Waals surface area contributed by atoms with Crippen LogP contribution in [0.25, 0.3) is 22.9 Å². The number of hydrogen-bond acceptors (Lipinski definition) is 0. The van der Waals surface area contributed by atoms with Crippen LogP contribution in [0.3, 0.4) is 0 Å². The molecule has 0 aliphatic heterocycles. The molecular weight excluding hydrogens is 252 g/mol. The molecule has 0 atom stereocenters. The maximum Gasteiger partial charge on any atom is -0.0146 e. The van der Waals surface area contributed by atoms with Gasteiger partial charge in [-0.1, -0.05) is 83.7 Å². The molecule has 0 amide bonds. The smallest absolute Gasteiger partial charge is 0.0146 e. The van der Waals surface area contributed by atoms with E-state index in [1.165, 1.54) is 27.5 Å². The molecule has 0 radical (unpaired) electrons. The first-order chi connectivity index (χ1) is 10.3. The van der Waals surface area contributed by atoms with Gasteiger partial charge in [-0.15, -0.1) is 0 Å². The van der Waals surface area contributed by atoms with Crippen LogP contribution in [0.15, 0.2) is 43.0 Å². The summed E-state index contributed by atoms with van der Waals surface area (Å²) in [5.74, 6) is 0. The van der Waals surface area contributed by atoms with Gasteiger partial charge in [0.15, 0.2) is 0 Å². The van der Waals surface area contributed by atoms with Crippen LogP contribution in [0.5, 0.6) is 0 Å². The number of benzene rings is 2. The predicted molar refractivity (Wildman–Crippen MR) is 101 cm³/mol. The average Bonchev–Trinajstić information content (AvgIpc) is 2.58. The lowest BCUT2D eigenvalue weighted by molar-refractivity contribution is 1.15. The molecule has 114 valence electrons. The summed E-state index contributed by atoms with van der Waals surface area (Å²) in [5.41, 5.74) is 3.94. The Hall–Kier alpha value is -1.82. The van der Waals surface area contributed by atoms with Gasteiger partial charge in [-0.3, -0.25) is 0 Å². The van der Waals surface area contributed by atoms with Crippen molar-refractivity contribution in [3.8, 4) is 0 Å². The van der Waals surface area contributed by atoms with Gasteiger partial charge >= 0.3 is 0 Å². The van der Waals surface area contributed by atoms with E-state index in [1.54, 1.807) is 0 Å². The van der Waals surface area contributed by atoms with Gasteiger partial charge in [0, 0.05) is 0 Å². The highest BCUT2D eigenvalue weighted by molar-refractivity contribution is 5.92. The van der Waals surface area contributed by atoms with E-state index in [4.69, 9.17) is 0 Å². The number of allylic oxidation sites excluding steroid dienone is 1. The van der Waals surface area contributed by atoms with Gasteiger partial charge in [0.1, 0.15) is 0 Å². The lowest BCUT2D eigenvalue weighted by Gasteiger charge is -2.12. The van der Waals surface area contributed by atoms with Crippen LogP contribution in [-0.2, 0) is 6.42 Å². The molecule has 0 nitrogen and oxygen atoms in total. The van der Waals surface area contributed by atoms with Crippen molar-refractivity contribution in [2.24, 2.45) is 0 Å². The lowest BCUT2D eigenvalue weighted by atomic mass is 9.92. The summed E-state index contributed by atoms with van der Waals surface area (Å²) in [6.07, 6.45) is 7.27. The monoisotopic (exact) mass is 282 g/mol. The Labute approximate surface area is 131 Å². The van der Waals surface area contributed by atoms with Crippen LogP contribution in [0.4, 0.5) is 0 Å². The summed E-state index contributed by atoms with van der Waals surface area (Å²) in [4.78, 5) is 0. The molecule has 2 aromatic rings. The van der Waals surface area contributed by atoms with E-state index in [2.05, 4.69) is 62.9 Å². The number of hydrogen-bond donors (Lipinski definition) is 0. The molecule has 0 aliphatic carbocycles. The van der Waals surface area contributed by atoms with E-state index in [1.807, 2.05) is 33.8 Å². The molecule has 0 heterocycles. The third kappa shape index (κ3) is 4.60. The summed E-state index contributed by atoms with van der Waals surface area (Å²) in [5, 5.41) is 2.65. The van der Waals surface area contributed by atoms with Crippen LogP contribution in [0, 0.1) is 0 Å². The SMILES string of the molecule is C=Cc1cc2ccccc2c(CC)c1/C=C\C.CC.CC. The second-order valence-electron chi connectivity index (χ2n) is 4.14. The van der Waals surface area contributed by atoms with Gasteiger partial charge in [-0.25, -0.2) is 0 Å². The topological polar surface area (TPSA) is 0 Å². The van der Waals surface area contributed by atoms with Crippen molar-refractivity contribution >= 4 is 22.9 Å². The number of rotatable bonds is 3. The molecule has 0 heteroatoms. The third-order valence-electron chi connectivity index (χ3n) is 3.14. The zero-order valence-electron chi connectivity index (χ0n) is 14.5. The minimum atomic E-state index is 1.04. The first kappa shape index (κ1) is 19.2. The molecule has 21 heavy (non-hydrogen) atoms. The van der Waals surface area contributed by atoms with Crippen LogP contribution >= 0.6 is 0 Å². The van der Waals surface area contributed by atoms with E-state index in [9.17, 15) is 0 Å². The minimum Gasteiger partial charge on any atom is -0.0984 e. The third-order valence-corrected chi connectivity index (χ3v) is 3.14. The van der Waals surface area contributed by atoms with Crippen molar-refractivity contribution in [3.63, 3.8) is 0 Å². The molecule has 0 aliphatic rings. The van der Waals surface area contributed by atoms with Crippen molar-refractivity contribution in [1.82, 2.24) is 0 Å². The van der Waals surface area contributed by atoms with Gasteiger partial charge in [0.2, 0.25) is 0 Å². The highest BCUT2D eigenvalue weighted by Gasteiger charge is 2.07. The maximum atomic E-state index is 3.92. The summed E-state index contributed by atoms with van der Waals surface area (Å²) in [6.45, 7) is 16.2. The summed E-state index contributed by atoms with van der Waals surface area (Å²) in [7, 11) is 0. The summed E-state index contributed by atoms with van der Waals surface area (Å²) < 4.78 is 0. The van der Waals surface area contributed by atoms with E-state index < -0.39 is 0 Å². The number of aryl methyl sites for hydroxylation is 1. The standard InChI is InChI=1S/C17H18.2C2H6/c1-4-9-16-13(5-2)12-14-10-7-8-11-17(14)15(16)6-3;2*1-2/h4-5,7-12H,2,6H2,1,3H3;2*1-2H3/b9-4-;;. The van der Waals surface area contributed by atoms with Gasteiger partial charge < -0.3 is 0 Å². The molecule has 0 saturated heterocycles. The maximum absolute atomic E-state index is 3.92. The van der Waals surface area contributed by atoms with Gasteiger partial charge in [-0.2, -0.15) is 0 Å². The highest BCUT2D eigenvalue weighted by atomic mass is 14.1. The molecular formula is C21H30. The Morgan fingerprint density at radius 2 is 1.67 bits per heavy atom. The zero-order chi connectivity index (χ0) is 16.3. The van der Waals surface area contributed by atoms with Gasteiger partial charge in [0.05, 0.1) is 0 Å². The molecule has 0 unspecified atom stereocenters. The number of fused-ring (bicyclic) bond motifs is 1. The second kappa shape index (κ2) is 10.9. The van der Waals surface area contributed by atoms with Crippen molar-refractivity contribution in [3.05, 3.63) is 59.7 Å². The minimum absolute atomic E-state index is 1.04. The summed E-state index contributed by atoms with van der Waals surface area (Å²) in [6, 6.07) is 10.8. The van der Waals surface area contributed by atoms with Crippen LogP contribution in [0.2, 0.25) is 0 Å². The van der Waals surface area contributed by atoms with Crippen LogP contribution in [-0.4, -0.2) is 0 Å². The second-order valence-corrected chi connectivity index (χ2v) is 4.14. The molecule has 0 bridgehead atoms. The van der Waals surface area contributed by atoms with Crippen molar-refractivity contribution < 1.29 is 0 Å². The quantitative estimate of drug-likeness (QED) is 0.561. The Balaban J connectivity index is 0.000000921. The van der Waals surface area contributed by atoms with E-state index in [0.717, 1.165) is 6.42 Å². The first-order valence-electron chi connectivity index (χ1n) is 8.11. The molecule has 0 saturated carbocycles. The molecule has 0 N–H and O–H groups in total. The highest BCUT2D eigenvalue weighted by Crippen LogP contribution is 2.28. The Morgan fingerprint density at radius 1 is 1.05 bits per heavy atom. The fraction of sp³-hybridized carbons (Fsp3) is 0.333. The largest absolute Gasteiger partial charge is 0.0984 e. The Morgan fingerprint density at radius 3 is 2.19 bits per heavy atom. The van der Waals surface area contributed by atoms with Crippen molar-refractivity contribution in [2.45, 2.75) is 48.0 Å². The molecule has 0 aromatic heterocycles. The average molecular weight is 282 g/mol. The van der Waals surface area contributed by atoms with Gasteiger partial charge in [-0.05, 0) is 46.9 Å². The van der Waals surface area contributed by atoms with E-state index in [0.29, 0.717) is 0 Å². The van der Waals surface area contributed by atoms with Crippen LogP contribution < -0.4 is 0 Å². The molecule has 0 spiro atoms. The molecule has 2 aromatic carbocycles. The Bertz CT molecular complexity index is 574. The first-order valence-corrected chi connectivity index (χ1v) is 8.11. The van der Waals surface area contributed by atoms with Crippen molar-refractivity contribution in [1.29, 1.82) is 0 Å². The van der Waals surface area contributed by atoms with Gasteiger partial charge in [0.25, 0.3) is 0 Å². The molecule has 0 fully saturated rings. The Kier molecular flexibility index (Phi) is 9.96. The zero-order valence-corrected chi connectivity index (χ0v) is 14.5. The normalized spacial score (nSPS) is 9.62. The van der Waals surface area contributed by atoms with Crippen molar-refractivity contribution in [2.75, 3.05) is 0 Å².